The first kappa shape index (κ1) is 6.07. The van der Waals surface area contributed by atoms with Crippen LogP contribution in [0.3, 0.4) is 0 Å². The molecular formula is C5H10N4. The summed E-state index contributed by atoms with van der Waals surface area (Å²) < 4.78 is 3.30. The molecule has 0 bridgehead atoms. The predicted molar refractivity (Wildman–Crippen MR) is 32.7 cm³/mol. The molecule has 0 radical (unpaired) electrons. The van der Waals surface area contributed by atoms with E-state index in [1.54, 1.807) is 17.9 Å². The van der Waals surface area contributed by atoms with E-state index >= 15 is 0 Å². The van der Waals surface area contributed by atoms with Crippen molar-refractivity contribution >= 4 is 0 Å². The largest absolute Gasteiger partial charge is 0.301 e. The smallest absolute Gasteiger partial charge is 0.219 e. The molecule has 0 spiro atoms. The summed E-state index contributed by atoms with van der Waals surface area (Å²) in [7, 11) is 1.76. The van der Waals surface area contributed by atoms with Crippen molar-refractivity contribution in [1.82, 2.24) is 14.3 Å². The molecule has 0 saturated carbocycles. The van der Waals surface area contributed by atoms with E-state index in [2.05, 4.69) is 5.10 Å². The molecule has 0 atom stereocenters. The molecule has 50 valence electrons. The van der Waals surface area contributed by atoms with Crippen molar-refractivity contribution in [3.8, 4) is 0 Å². The Labute approximate surface area is 53.2 Å². The fraction of sp³-hybridized carbons (Fsp3) is 0.600. The van der Waals surface area contributed by atoms with Gasteiger partial charge >= 0.3 is 0 Å². The van der Waals surface area contributed by atoms with Crippen LogP contribution in [0.5, 0.6) is 0 Å². The Hall–Kier alpha value is -1.06. The Balaban J connectivity index is 3.20. The van der Waals surface area contributed by atoms with Crippen LogP contribution in [0.2, 0.25) is 0 Å². The molecule has 0 aliphatic carbocycles. The summed E-state index contributed by atoms with van der Waals surface area (Å²) in [4.78, 5) is 0. The van der Waals surface area contributed by atoms with Crippen LogP contribution in [-0.4, -0.2) is 14.3 Å². The van der Waals surface area contributed by atoms with Crippen molar-refractivity contribution in [2.24, 2.45) is 7.05 Å². The minimum atomic E-state index is 0.442. The Morgan fingerprint density at radius 1 is 1.78 bits per heavy atom. The minimum Gasteiger partial charge on any atom is -0.301 e. The van der Waals surface area contributed by atoms with Crippen LogP contribution in [0, 0.1) is 5.41 Å². The lowest BCUT2D eigenvalue weighted by molar-refractivity contribution is 0.641. The molecule has 1 aromatic rings. The molecule has 1 N–H and O–H groups in total. The van der Waals surface area contributed by atoms with Crippen LogP contribution in [0.4, 0.5) is 0 Å². The van der Waals surface area contributed by atoms with Crippen molar-refractivity contribution in [3.63, 3.8) is 0 Å². The SMILES string of the molecule is CCn1cnn(C)c1=N. The first-order valence-corrected chi connectivity index (χ1v) is 2.88. The average molecular weight is 126 g/mol. The summed E-state index contributed by atoms with van der Waals surface area (Å²) in [6, 6.07) is 0. The van der Waals surface area contributed by atoms with E-state index in [1.165, 1.54) is 4.68 Å². The number of nitrogens with one attached hydrogen (secondary N) is 1. The second-order valence-corrected chi connectivity index (χ2v) is 1.86. The van der Waals surface area contributed by atoms with Gasteiger partial charge in [-0.1, -0.05) is 0 Å². The van der Waals surface area contributed by atoms with E-state index in [1.807, 2.05) is 6.92 Å². The summed E-state index contributed by atoms with van der Waals surface area (Å²) in [5.74, 6) is 0. The molecule has 1 heterocycles. The highest BCUT2D eigenvalue weighted by Gasteiger charge is 1.91. The Morgan fingerprint density at radius 3 is 2.67 bits per heavy atom. The van der Waals surface area contributed by atoms with Crippen LogP contribution in [0.25, 0.3) is 0 Å². The number of aromatic nitrogens is 3. The molecule has 4 nitrogen and oxygen atoms in total. The molecule has 0 amide bonds. The molecule has 0 saturated heterocycles. The second-order valence-electron chi connectivity index (χ2n) is 1.86. The monoisotopic (exact) mass is 126 g/mol. The molecule has 4 heteroatoms. The van der Waals surface area contributed by atoms with Gasteiger partial charge in [-0.2, -0.15) is 5.10 Å². The van der Waals surface area contributed by atoms with Gasteiger partial charge in [0, 0.05) is 13.6 Å². The van der Waals surface area contributed by atoms with Crippen LogP contribution in [0.15, 0.2) is 6.33 Å². The summed E-state index contributed by atoms with van der Waals surface area (Å²) in [6.45, 7) is 2.80. The van der Waals surface area contributed by atoms with Crippen molar-refractivity contribution in [1.29, 1.82) is 5.41 Å². The first-order valence-electron chi connectivity index (χ1n) is 2.88. The summed E-state index contributed by atoms with van der Waals surface area (Å²) in [5, 5.41) is 11.2. The fourth-order valence-corrected chi connectivity index (χ4v) is 0.666. The van der Waals surface area contributed by atoms with Crippen LogP contribution < -0.4 is 5.62 Å². The molecule has 1 aromatic heterocycles. The van der Waals surface area contributed by atoms with Gasteiger partial charge in [0.15, 0.2) is 0 Å². The van der Waals surface area contributed by atoms with Crippen LogP contribution in [0.1, 0.15) is 6.92 Å². The zero-order valence-corrected chi connectivity index (χ0v) is 5.63. The Bertz CT molecular complexity index is 244. The van der Waals surface area contributed by atoms with Crippen molar-refractivity contribution in [3.05, 3.63) is 11.9 Å². The van der Waals surface area contributed by atoms with Gasteiger partial charge in [0.1, 0.15) is 6.33 Å². The van der Waals surface area contributed by atoms with Crippen LogP contribution in [-0.2, 0) is 13.6 Å². The predicted octanol–water partition coefficient (Wildman–Crippen LogP) is -0.279. The maximum Gasteiger partial charge on any atom is 0.219 e. The van der Waals surface area contributed by atoms with Crippen molar-refractivity contribution in [2.75, 3.05) is 0 Å². The summed E-state index contributed by atoms with van der Waals surface area (Å²) in [5.41, 5.74) is 0.442. The number of aryl methyl sites for hydroxylation is 2. The number of rotatable bonds is 1. The van der Waals surface area contributed by atoms with E-state index in [9.17, 15) is 0 Å². The lowest BCUT2D eigenvalue weighted by Gasteiger charge is -1.90. The maximum absolute atomic E-state index is 7.34. The van der Waals surface area contributed by atoms with Crippen LogP contribution >= 0.6 is 0 Å². The third kappa shape index (κ3) is 0.872. The van der Waals surface area contributed by atoms with Gasteiger partial charge in [-0.25, -0.2) is 4.68 Å². The highest BCUT2D eigenvalue weighted by atomic mass is 15.4. The van der Waals surface area contributed by atoms with Crippen molar-refractivity contribution in [2.45, 2.75) is 13.5 Å². The quantitative estimate of drug-likeness (QED) is 0.552. The van der Waals surface area contributed by atoms with E-state index in [-0.39, 0.29) is 0 Å². The zero-order chi connectivity index (χ0) is 6.85. The number of hydrogen-bond donors (Lipinski definition) is 1. The lowest BCUT2D eigenvalue weighted by Crippen LogP contribution is -2.21. The van der Waals surface area contributed by atoms with Gasteiger partial charge in [-0.05, 0) is 6.92 Å². The molecule has 0 aliphatic rings. The summed E-state index contributed by atoms with van der Waals surface area (Å²) in [6.07, 6.45) is 1.66. The molecule has 1 rings (SSSR count). The maximum atomic E-state index is 7.34. The standard InChI is InChI=1S/C5H10N4/c1-3-9-4-7-8(2)5(9)6/h4,6H,3H2,1-2H3. The zero-order valence-electron chi connectivity index (χ0n) is 5.63. The van der Waals surface area contributed by atoms with Gasteiger partial charge < -0.3 is 4.57 Å². The number of hydrogen-bond acceptors (Lipinski definition) is 2. The third-order valence-corrected chi connectivity index (χ3v) is 1.28. The normalized spacial score (nSPS) is 10.0. The van der Waals surface area contributed by atoms with E-state index in [0.717, 1.165) is 6.54 Å². The highest BCUT2D eigenvalue weighted by molar-refractivity contribution is 4.59. The summed E-state index contributed by atoms with van der Waals surface area (Å²) >= 11 is 0. The minimum absolute atomic E-state index is 0.442. The molecule has 9 heavy (non-hydrogen) atoms. The van der Waals surface area contributed by atoms with E-state index < -0.39 is 0 Å². The van der Waals surface area contributed by atoms with Crippen molar-refractivity contribution < 1.29 is 0 Å². The Kier molecular flexibility index (Phi) is 1.38. The molecule has 0 aromatic carbocycles. The van der Waals surface area contributed by atoms with Gasteiger partial charge in [0.25, 0.3) is 0 Å². The fourth-order valence-electron chi connectivity index (χ4n) is 0.666. The van der Waals surface area contributed by atoms with Gasteiger partial charge in [0.2, 0.25) is 5.62 Å². The average Bonchev–Trinajstić information content (AvgIpc) is 2.15. The van der Waals surface area contributed by atoms with Gasteiger partial charge in [-0.3, -0.25) is 5.41 Å². The highest BCUT2D eigenvalue weighted by Crippen LogP contribution is 1.73. The first-order chi connectivity index (χ1) is 4.25. The second kappa shape index (κ2) is 2.05. The molecular weight excluding hydrogens is 116 g/mol. The topological polar surface area (TPSA) is 46.6 Å². The van der Waals surface area contributed by atoms with Gasteiger partial charge in [-0.15, -0.1) is 0 Å². The molecule has 0 unspecified atom stereocenters. The third-order valence-electron chi connectivity index (χ3n) is 1.28. The van der Waals surface area contributed by atoms with Gasteiger partial charge in [0.05, 0.1) is 0 Å². The van der Waals surface area contributed by atoms with E-state index in [0.29, 0.717) is 5.62 Å². The lowest BCUT2D eigenvalue weighted by atomic mass is 10.7. The number of nitrogens with zero attached hydrogens (tertiary/aromatic N) is 3. The molecule has 0 aliphatic heterocycles. The molecule has 0 fully saturated rings. The van der Waals surface area contributed by atoms with E-state index in [4.69, 9.17) is 5.41 Å². The Morgan fingerprint density at radius 2 is 2.44 bits per heavy atom.